The Morgan fingerprint density at radius 1 is 1.10 bits per heavy atom. The van der Waals surface area contributed by atoms with Crippen molar-refractivity contribution in [2.24, 2.45) is 0 Å². The molecule has 152 valence electrons. The van der Waals surface area contributed by atoms with Crippen LogP contribution in [-0.4, -0.2) is 19.3 Å². The van der Waals surface area contributed by atoms with Crippen molar-refractivity contribution in [3.63, 3.8) is 0 Å². The maximum absolute atomic E-state index is 12.4. The van der Waals surface area contributed by atoms with Gasteiger partial charge in [-0.3, -0.25) is 9.52 Å². The smallest absolute Gasteiger partial charge is 0.263 e. The van der Waals surface area contributed by atoms with E-state index in [0.29, 0.717) is 27.8 Å². The number of anilines is 2. The van der Waals surface area contributed by atoms with Crippen molar-refractivity contribution >= 4 is 61.3 Å². The van der Waals surface area contributed by atoms with Gasteiger partial charge < -0.3 is 5.32 Å². The summed E-state index contributed by atoms with van der Waals surface area (Å²) in [6, 6.07) is 11.4. The molecule has 1 aromatic heterocycles. The number of carbonyl (C=O) groups is 1. The number of benzene rings is 2. The predicted molar refractivity (Wildman–Crippen MR) is 118 cm³/mol. The summed E-state index contributed by atoms with van der Waals surface area (Å²) in [5, 5.41) is 5.48. The van der Waals surface area contributed by atoms with Gasteiger partial charge in [-0.15, -0.1) is 11.3 Å². The minimum absolute atomic E-state index is 0.167. The molecule has 0 unspecified atom stereocenters. The van der Waals surface area contributed by atoms with E-state index in [1.54, 1.807) is 47.8 Å². The summed E-state index contributed by atoms with van der Waals surface area (Å²) >= 11 is 12.9. The number of hydrogen-bond donors (Lipinski definition) is 2. The van der Waals surface area contributed by atoms with E-state index in [-0.39, 0.29) is 22.4 Å². The summed E-state index contributed by atoms with van der Waals surface area (Å²) in [5.74, 6) is -0.210. The average molecular weight is 470 g/mol. The lowest BCUT2D eigenvalue weighted by Gasteiger charge is -2.06. The molecule has 0 aliphatic heterocycles. The van der Waals surface area contributed by atoms with Crippen LogP contribution in [0.1, 0.15) is 17.7 Å². The number of sulfonamides is 1. The van der Waals surface area contributed by atoms with Crippen molar-refractivity contribution in [3.05, 3.63) is 69.1 Å². The molecule has 29 heavy (non-hydrogen) atoms. The third kappa shape index (κ3) is 5.93. The van der Waals surface area contributed by atoms with E-state index in [4.69, 9.17) is 23.2 Å². The number of aromatic nitrogens is 1. The molecule has 1 amide bonds. The molecular formula is C19H17Cl2N3O3S2. The van der Waals surface area contributed by atoms with E-state index in [0.717, 1.165) is 5.56 Å². The van der Waals surface area contributed by atoms with Gasteiger partial charge in [0.15, 0.2) is 5.13 Å². The van der Waals surface area contributed by atoms with Gasteiger partial charge in [0.1, 0.15) is 0 Å². The molecule has 6 nitrogen and oxygen atoms in total. The lowest BCUT2D eigenvalue weighted by Crippen LogP contribution is -2.13. The molecule has 0 atom stereocenters. The summed E-state index contributed by atoms with van der Waals surface area (Å²) in [4.78, 5) is 16.5. The molecule has 2 aromatic carbocycles. The largest absolute Gasteiger partial charge is 0.326 e. The van der Waals surface area contributed by atoms with Crippen LogP contribution in [0.3, 0.4) is 0 Å². The predicted octanol–water partition coefficient (Wildman–Crippen LogP) is 5.13. The van der Waals surface area contributed by atoms with E-state index in [1.807, 2.05) is 6.92 Å². The Kier molecular flexibility index (Phi) is 6.79. The van der Waals surface area contributed by atoms with E-state index in [1.165, 1.54) is 11.3 Å². The zero-order valence-corrected chi connectivity index (χ0v) is 18.4. The maximum atomic E-state index is 12.4. The molecule has 0 saturated heterocycles. The first-order valence-electron chi connectivity index (χ1n) is 8.52. The van der Waals surface area contributed by atoms with Crippen molar-refractivity contribution < 1.29 is 13.2 Å². The Labute approximate surface area is 182 Å². The molecule has 0 aliphatic carbocycles. The Hall–Kier alpha value is -2.13. The van der Waals surface area contributed by atoms with Crippen LogP contribution in [0.5, 0.6) is 0 Å². The lowest BCUT2D eigenvalue weighted by molar-refractivity contribution is -0.116. The van der Waals surface area contributed by atoms with Gasteiger partial charge in [0, 0.05) is 17.5 Å². The molecule has 3 aromatic rings. The summed E-state index contributed by atoms with van der Waals surface area (Å²) in [6.45, 7) is 1.88. The summed E-state index contributed by atoms with van der Waals surface area (Å²) in [5.41, 5.74) is 2.15. The van der Waals surface area contributed by atoms with Gasteiger partial charge in [-0.25, -0.2) is 13.4 Å². The van der Waals surface area contributed by atoms with Gasteiger partial charge in [-0.05, 0) is 43.7 Å². The second kappa shape index (κ2) is 9.13. The summed E-state index contributed by atoms with van der Waals surface area (Å²) < 4.78 is 27.3. The molecule has 3 rings (SSSR count). The van der Waals surface area contributed by atoms with Gasteiger partial charge in [-0.2, -0.15) is 0 Å². The van der Waals surface area contributed by atoms with Crippen LogP contribution in [0, 0.1) is 6.92 Å². The molecule has 0 bridgehead atoms. The Bertz CT molecular complexity index is 1130. The zero-order valence-electron chi connectivity index (χ0n) is 15.3. The van der Waals surface area contributed by atoms with Crippen LogP contribution in [0.4, 0.5) is 10.8 Å². The third-order valence-corrected chi connectivity index (χ3v) is 6.95. The minimum Gasteiger partial charge on any atom is -0.326 e. The Balaban J connectivity index is 1.56. The van der Waals surface area contributed by atoms with E-state index in [9.17, 15) is 13.2 Å². The third-order valence-electron chi connectivity index (χ3n) is 3.92. The highest BCUT2D eigenvalue weighted by Gasteiger charge is 2.16. The molecule has 0 spiro atoms. The monoisotopic (exact) mass is 469 g/mol. The van der Waals surface area contributed by atoms with Crippen molar-refractivity contribution in [3.8, 4) is 0 Å². The second-order valence-corrected chi connectivity index (χ2v) is 9.59. The molecule has 0 aliphatic rings. The first kappa shape index (κ1) is 21.6. The highest BCUT2D eigenvalue weighted by atomic mass is 35.5. The number of amides is 1. The fraction of sp³-hybridized carbons (Fsp3) is 0.158. The van der Waals surface area contributed by atoms with Crippen molar-refractivity contribution in [2.45, 2.75) is 24.7 Å². The number of thiazole rings is 1. The fourth-order valence-corrected chi connectivity index (χ4v) is 4.69. The maximum Gasteiger partial charge on any atom is 0.263 e. The number of hydrogen-bond acceptors (Lipinski definition) is 5. The van der Waals surface area contributed by atoms with Crippen LogP contribution in [0.2, 0.25) is 10.0 Å². The van der Waals surface area contributed by atoms with Crippen LogP contribution in [0.15, 0.2) is 52.7 Å². The minimum atomic E-state index is -3.70. The van der Waals surface area contributed by atoms with Crippen molar-refractivity contribution in [2.75, 3.05) is 10.0 Å². The number of aryl methyl sites for hydroxylation is 2. The van der Waals surface area contributed by atoms with Gasteiger partial charge in [-0.1, -0.05) is 40.9 Å². The first-order chi connectivity index (χ1) is 13.7. The van der Waals surface area contributed by atoms with Gasteiger partial charge in [0.2, 0.25) is 5.91 Å². The van der Waals surface area contributed by atoms with Crippen LogP contribution < -0.4 is 10.0 Å². The Morgan fingerprint density at radius 2 is 1.83 bits per heavy atom. The Morgan fingerprint density at radius 3 is 2.52 bits per heavy atom. The second-order valence-electron chi connectivity index (χ2n) is 6.24. The topological polar surface area (TPSA) is 88.2 Å². The van der Waals surface area contributed by atoms with Gasteiger partial charge >= 0.3 is 0 Å². The number of halogens is 2. The summed E-state index contributed by atoms with van der Waals surface area (Å²) in [7, 11) is -3.70. The van der Waals surface area contributed by atoms with Crippen LogP contribution in [0.25, 0.3) is 0 Å². The first-order valence-corrected chi connectivity index (χ1v) is 11.6. The highest BCUT2D eigenvalue weighted by Crippen LogP contribution is 2.25. The normalized spacial score (nSPS) is 11.3. The number of rotatable bonds is 7. The summed E-state index contributed by atoms with van der Waals surface area (Å²) in [6.07, 6.45) is 0.560. The number of carbonyl (C=O) groups excluding carboxylic acids is 1. The average Bonchev–Trinajstić information content (AvgIpc) is 3.10. The van der Waals surface area contributed by atoms with Gasteiger partial charge in [0.25, 0.3) is 10.0 Å². The van der Waals surface area contributed by atoms with Crippen molar-refractivity contribution in [1.29, 1.82) is 0 Å². The van der Waals surface area contributed by atoms with E-state index < -0.39 is 10.0 Å². The molecule has 0 saturated carbocycles. The number of nitrogens with zero attached hydrogens (tertiary/aromatic N) is 1. The quantitative estimate of drug-likeness (QED) is 0.501. The van der Waals surface area contributed by atoms with Crippen LogP contribution in [-0.2, 0) is 21.2 Å². The molecule has 2 N–H and O–H groups in total. The van der Waals surface area contributed by atoms with Gasteiger partial charge in [0.05, 0.1) is 20.6 Å². The molecule has 0 fully saturated rings. The molecule has 1 heterocycles. The van der Waals surface area contributed by atoms with Crippen molar-refractivity contribution in [1.82, 2.24) is 4.98 Å². The SMILES string of the molecule is Cc1ccc(S(=O)(=O)Nc2nc(CCC(=O)Nc3ccc(Cl)c(Cl)c3)cs2)cc1. The molecule has 10 heteroatoms. The van der Waals surface area contributed by atoms with Crippen LogP contribution >= 0.6 is 34.5 Å². The van der Waals surface area contributed by atoms with E-state index >= 15 is 0 Å². The fourth-order valence-electron chi connectivity index (χ4n) is 2.40. The van der Waals surface area contributed by atoms with E-state index in [2.05, 4.69) is 15.0 Å². The molecular weight excluding hydrogens is 453 g/mol. The standard InChI is InChI=1S/C19H17Cl2N3O3S2/c1-12-2-6-15(7-3-12)29(26,27)24-19-23-14(11-28-19)5-9-18(25)22-13-4-8-16(20)17(21)10-13/h2-4,6-8,10-11H,5,9H2,1H3,(H,22,25)(H,23,24). The lowest BCUT2D eigenvalue weighted by atomic mass is 10.2. The highest BCUT2D eigenvalue weighted by molar-refractivity contribution is 7.93. The zero-order chi connectivity index (χ0) is 21.0. The number of nitrogens with one attached hydrogen (secondary N) is 2. The molecule has 0 radical (unpaired) electrons.